The largest absolute Gasteiger partial charge is 0.505 e. The molecule has 0 radical (unpaired) electrons. The van der Waals surface area contributed by atoms with Gasteiger partial charge < -0.3 is 10.4 Å². The number of fused-ring (bicyclic) bond motifs is 1. The Labute approximate surface area is 154 Å². The van der Waals surface area contributed by atoms with Crippen LogP contribution in [0.15, 0.2) is 72.2 Å². The van der Waals surface area contributed by atoms with Crippen molar-refractivity contribution in [2.75, 3.05) is 5.32 Å². The zero-order valence-corrected chi connectivity index (χ0v) is 14.8. The Balaban J connectivity index is 1.83. The van der Waals surface area contributed by atoms with Crippen molar-refractivity contribution in [2.24, 2.45) is 0 Å². The minimum absolute atomic E-state index is 0.190. The number of nitrogens with one attached hydrogen (secondary N) is 1. The van der Waals surface area contributed by atoms with Gasteiger partial charge in [-0.25, -0.2) is 0 Å². The Morgan fingerprint density at radius 1 is 1.04 bits per heavy atom. The summed E-state index contributed by atoms with van der Waals surface area (Å²) in [7, 11) is 0. The third kappa shape index (κ3) is 3.18. The second-order valence-electron chi connectivity index (χ2n) is 5.68. The van der Waals surface area contributed by atoms with Crippen molar-refractivity contribution in [3.05, 3.63) is 87.7 Å². The predicted octanol–water partition coefficient (Wildman–Crippen LogP) is 5.86. The number of thiophene rings is 1. The van der Waals surface area contributed by atoms with E-state index in [1.807, 2.05) is 60.0 Å². The molecule has 0 fully saturated rings. The zero-order valence-electron chi connectivity index (χ0n) is 13.2. The van der Waals surface area contributed by atoms with Crippen LogP contribution >= 0.6 is 22.9 Å². The van der Waals surface area contributed by atoms with Crippen LogP contribution in [0.3, 0.4) is 0 Å². The molecule has 5 heteroatoms. The van der Waals surface area contributed by atoms with Crippen LogP contribution < -0.4 is 5.32 Å². The van der Waals surface area contributed by atoms with Gasteiger partial charge in [0.05, 0.1) is 6.04 Å². The van der Waals surface area contributed by atoms with E-state index in [2.05, 4.69) is 16.4 Å². The summed E-state index contributed by atoms with van der Waals surface area (Å²) in [5, 5.41) is 17.9. The van der Waals surface area contributed by atoms with Crippen LogP contribution in [-0.4, -0.2) is 10.1 Å². The molecule has 0 amide bonds. The molecule has 4 rings (SSSR count). The van der Waals surface area contributed by atoms with Gasteiger partial charge in [-0.15, -0.1) is 11.3 Å². The Morgan fingerprint density at radius 2 is 1.96 bits per heavy atom. The van der Waals surface area contributed by atoms with Gasteiger partial charge in [-0.3, -0.25) is 4.98 Å². The number of aromatic nitrogens is 1. The maximum absolute atomic E-state index is 10.8. The molecule has 4 aromatic rings. The van der Waals surface area contributed by atoms with Crippen molar-refractivity contribution in [1.82, 2.24) is 4.98 Å². The highest BCUT2D eigenvalue weighted by Crippen LogP contribution is 2.38. The second-order valence-corrected chi connectivity index (χ2v) is 7.10. The molecule has 3 nitrogen and oxygen atoms in total. The monoisotopic (exact) mass is 366 g/mol. The number of pyridine rings is 1. The lowest BCUT2D eigenvalue weighted by molar-refractivity contribution is 0.472. The summed E-state index contributed by atoms with van der Waals surface area (Å²) in [4.78, 5) is 5.43. The Bertz CT molecular complexity index is 1020. The molecule has 0 saturated heterocycles. The standard InChI is InChI=1S/C20H15ClN2OS/c21-14-5-1-6-15(12-14)23-19(17-7-3-11-25-17)16-9-8-13-4-2-10-22-18(13)20(16)24/h1-12,19,23-24H. The minimum atomic E-state index is -0.190. The fraction of sp³-hybridized carbons (Fsp3) is 0.0500. The van der Waals surface area contributed by atoms with Crippen molar-refractivity contribution in [3.63, 3.8) is 0 Å². The van der Waals surface area contributed by atoms with Crippen molar-refractivity contribution < 1.29 is 5.11 Å². The Morgan fingerprint density at radius 3 is 2.76 bits per heavy atom. The Kier molecular flexibility index (Phi) is 4.30. The van der Waals surface area contributed by atoms with Gasteiger partial charge in [0.15, 0.2) is 0 Å². The summed E-state index contributed by atoms with van der Waals surface area (Å²) in [6.45, 7) is 0. The number of aromatic hydroxyl groups is 1. The SMILES string of the molecule is Oc1c(C(Nc2cccc(Cl)c2)c2cccs2)ccc2cccnc12. The maximum atomic E-state index is 10.8. The van der Waals surface area contributed by atoms with Crippen LogP contribution in [-0.2, 0) is 0 Å². The van der Waals surface area contributed by atoms with Crippen molar-refractivity contribution in [1.29, 1.82) is 0 Å². The lowest BCUT2D eigenvalue weighted by Gasteiger charge is -2.21. The molecule has 0 aliphatic heterocycles. The first kappa shape index (κ1) is 15.9. The van der Waals surface area contributed by atoms with E-state index in [0.29, 0.717) is 10.5 Å². The number of benzene rings is 2. The van der Waals surface area contributed by atoms with E-state index < -0.39 is 0 Å². The third-order valence-corrected chi connectivity index (χ3v) is 5.23. The summed E-state index contributed by atoms with van der Waals surface area (Å²) in [6, 6.07) is 19.2. The minimum Gasteiger partial charge on any atom is -0.505 e. The molecular formula is C20H15ClN2OS. The van der Waals surface area contributed by atoms with Crippen LogP contribution in [0.1, 0.15) is 16.5 Å². The second kappa shape index (κ2) is 6.75. The van der Waals surface area contributed by atoms with E-state index in [1.165, 1.54) is 0 Å². The highest BCUT2D eigenvalue weighted by atomic mass is 35.5. The smallest absolute Gasteiger partial charge is 0.147 e. The van der Waals surface area contributed by atoms with Crippen molar-refractivity contribution >= 4 is 39.5 Å². The number of rotatable bonds is 4. The zero-order chi connectivity index (χ0) is 17.2. The average Bonchev–Trinajstić information content (AvgIpc) is 3.15. The summed E-state index contributed by atoms with van der Waals surface area (Å²) < 4.78 is 0. The van der Waals surface area contributed by atoms with Crippen LogP contribution in [0.4, 0.5) is 5.69 Å². The molecule has 0 bridgehead atoms. The lowest BCUT2D eigenvalue weighted by Crippen LogP contribution is -2.11. The first-order valence-corrected chi connectivity index (χ1v) is 9.10. The van der Waals surface area contributed by atoms with E-state index >= 15 is 0 Å². The first-order chi connectivity index (χ1) is 12.2. The topological polar surface area (TPSA) is 45.1 Å². The van der Waals surface area contributed by atoms with Crippen LogP contribution in [0.2, 0.25) is 5.02 Å². The number of halogens is 1. The van der Waals surface area contributed by atoms with Gasteiger partial charge in [0, 0.05) is 32.7 Å². The van der Waals surface area contributed by atoms with Gasteiger partial charge in [0.25, 0.3) is 0 Å². The van der Waals surface area contributed by atoms with E-state index in [4.69, 9.17) is 11.6 Å². The van der Waals surface area contributed by atoms with Crippen LogP contribution in [0.25, 0.3) is 10.9 Å². The highest BCUT2D eigenvalue weighted by Gasteiger charge is 2.20. The molecule has 25 heavy (non-hydrogen) atoms. The molecule has 0 saturated carbocycles. The molecule has 124 valence electrons. The molecule has 2 aromatic heterocycles. The lowest BCUT2D eigenvalue weighted by atomic mass is 10.0. The quantitative estimate of drug-likeness (QED) is 0.475. The molecule has 1 atom stereocenters. The van der Waals surface area contributed by atoms with Crippen LogP contribution in [0.5, 0.6) is 5.75 Å². The van der Waals surface area contributed by atoms with E-state index in [9.17, 15) is 5.11 Å². The van der Waals surface area contributed by atoms with Crippen molar-refractivity contribution in [3.8, 4) is 5.75 Å². The van der Waals surface area contributed by atoms with Gasteiger partial charge >= 0.3 is 0 Å². The number of nitrogens with zero attached hydrogens (tertiary/aromatic N) is 1. The molecule has 0 spiro atoms. The summed E-state index contributed by atoms with van der Waals surface area (Å²) in [6.07, 6.45) is 1.69. The third-order valence-electron chi connectivity index (χ3n) is 4.05. The first-order valence-electron chi connectivity index (χ1n) is 7.84. The molecule has 0 aliphatic carbocycles. The van der Waals surface area contributed by atoms with Gasteiger partial charge in [0.2, 0.25) is 0 Å². The maximum Gasteiger partial charge on any atom is 0.147 e. The van der Waals surface area contributed by atoms with Gasteiger partial charge in [-0.05, 0) is 35.7 Å². The molecular weight excluding hydrogens is 352 g/mol. The highest BCUT2D eigenvalue weighted by molar-refractivity contribution is 7.10. The fourth-order valence-corrected chi connectivity index (χ4v) is 3.86. The fourth-order valence-electron chi connectivity index (χ4n) is 2.88. The van der Waals surface area contributed by atoms with E-state index in [1.54, 1.807) is 17.5 Å². The van der Waals surface area contributed by atoms with Gasteiger partial charge in [-0.1, -0.05) is 41.9 Å². The molecule has 2 N–H and O–H groups in total. The summed E-state index contributed by atoms with van der Waals surface area (Å²) in [5.41, 5.74) is 2.29. The number of hydrogen-bond donors (Lipinski definition) is 2. The molecule has 0 aliphatic rings. The summed E-state index contributed by atoms with van der Waals surface area (Å²) in [5.74, 6) is 0.200. The van der Waals surface area contributed by atoms with Gasteiger partial charge in [-0.2, -0.15) is 0 Å². The Hall–Kier alpha value is -2.56. The summed E-state index contributed by atoms with van der Waals surface area (Å²) >= 11 is 7.75. The van der Waals surface area contributed by atoms with Crippen molar-refractivity contribution in [2.45, 2.75) is 6.04 Å². The molecule has 2 heterocycles. The normalized spacial score (nSPS) is 12.2. The van der Waals surface area contributed by atoms with E-state index in [-0.39, 0.29) is 11.8 Å². The number of phenolic OH excluding ortho intramolecular Hbond substituents is 1. The molecule has 2 aromatic carbocycles. The van der Waals surface area contributed by atoms with E-state index in [0.717, 1.165) is 21.5 Å². The number of hydrogen-bond acceptors (Lipinski definition) is 4. The van der Waals surface area contributed by atoms with Gasteiger partial charge in [0.1, 0.15) is 11.3 Å². The number of anilines is 1. The number of phenols is 1. The average molecular weight is 367 g/mol. The predicted molar refractivity (Wildman–Crippen MR) is 105 cm³/mol. The van der Waals surface area contributed by atoms with Crippen LogP contribution in [0, 0.1) is 0 Å². The molecule has 1 unspecified atom stereocenters.